The average molecular weight is 853 g/mol. The molecule has 0 atom stereocenters. The molecule has 0 heteroatoms. The van der Waals surface area contributed by atoms with E-state index in [1.807, 2.05) is 0 Å². The molecule has 0 bridgehead atoms. The van der Waals surface area contributed by atoms with E-state index in [1.165, 1.54) is 174 Å². The maximum Gasteiger partial charge on any atom is -0.00199 e. The van der Waals surface area contributed by atoms with E-state index < -0.39 is 0 Å². The normalized spacial score (nSPS) is 12.7. The van der Waals surface area contributed by atoms with Crippen molar-refractivity contribution in [3.05, 3.63) is 218 Å². The summed E-state index contributed by atoms with van der Waals surface area (Å²) in [7, 11) is 0. The first-order valence-corrected chi connectivity index (χ1v) is 23.9. The van der Waals surface area contributed by atoms with E-state index in [-0.39, 0.29) is 0 Å². The summed E-state index contributed by atoms with van der Waals surface area (Å²) in [6, 6.07) is 83.6. The number of fused-ring (bicyclic) bond motifs is 11. The molecule has 0 N–H and O–H groups in total. The van der Waals surface area contributed by atoms with Crippen LogP contribution in [0.3, 0.4) is 0 Å². The van der Waals surface area contributed by atoms with Crippen molar-refractivity contribution in [2.75, 3.05) is 0 Å². The molecule has 308 valence electrons. The molecule has 0 saturated carbocycles. The second kappa shape index (κ2) is 12.5. The summed E-state index contributed by atoms with van der Waals surface area (Å²) in [5.74, 6) is 0. The van der Waals surface area contributed by atoms with Crippen LogP contribution in [0.15, 0.2) is 218 Å². The van der Waals surface area contributed by atoms with Crippen LogP contribution in [0.2, 0.25) is 0 Å². The van der Waals surface area contributed by atoms with Gasteiger partial charge in [-0.2, -0.15) is 0 Å². The van der Waals surface area contributed by atoms with Crippen molar-refractivity contribution < 1.29 is 0 Å². The third kappa shape index (κ3) is 4.28. The number of hydrogen-bond acceptors (Lipinski definition) is 0. The highest BCUT2D eigenvalue weighted by atomic mass is 14.3. The zero-order valence-electron chi connectivity index (χ0n) is 36.8. The summed E-state index contributed by atoms with van der Waals surface area (Å²) in [5.41, 5.74) is 10.4. The molecule has 0 spiro atoms. The molecule has 0 aromatic heterocycles. The molecule has 0 unspecified atom stereocenters. The predicted octanol–water partition coefficient (Wildman–Crippen LogP) is 19.4. The highest BCUT2D eigenvalue weighted by Gasteiger charge is 2.28. The van der Waals surface area contributed by atoms with Gasteiger partial charge in [0.2, 0.25) is 0 Å². The second-order valence-electron chi connectivity index (χ2n) is 19.3. The minimum atomic E-state index is 1.27. The molecular formula is C68H36. The molecule has 0 amide bonds. The fraction of sp³-hybridized carbons (Fsp3) is 0. The first-order valence-electron chi connectivity index (χ1n) is 23.9. The standard InChI is InChI=1S/C68H36/c1-2-17-40-39(12-1)34-59-58-36-61-60(35-57(58)52-29-9-24-41(40)66(52)59)67(55-32-30-53-44-22-7-15-37-13-5-20-42(62(37)44)48-25-10-27-50(55)64(48)53)46-18-3-4-19-47(46)68(61)56-33-31-54-45-23-8-16-38-14-6-21-43(63(38)45)49-26-11-28-51(56)65(49)54/h1-36H. The number of rotatable bonds is 2. The van der Waals surface area contributed by atoms with Crippen molar-refractivity contribution in [1.29, 1.82) is 0 Å². The van der Waals surface area contributed by atoms with Crippen LogP contribution in [0.4, 0.5) is 0 Å². The first-order chi connectivity index (χ1) is 33.8. The molecule has 16 aromatic carbocycles. The monoisotopic (exact) mass is 852 g/mol. The Bertz CT molecular complexity index is 4850. The van der Waals surface area contributed by atoms with Crippen LogP contribution in [-0.2, 0) is 0 Å². The van der Waals surface area contributed by atoms with E-state index in [9.17, 15) is 0 Å². The third-order valence-corrected chi connectivity index (χ3v) is 16.2. The van der Waals surface area contributed by atoms with E-state index in [0.29, 0.717) is 0 Å². The first kappa shape index (κ1) is 35.4. The molecule has 17 rings (SSSR count). The lowest BCUT2D eigenvalue weighted by Crippen LogP contribution is -1.95. The summed E-state index contributed by atoms with van der Waals surface area (Å²) >= 11 is 0. The number of hydrogen-bond donors (Lipinski definition) is 0. The van der Waals surface area contributed by atoms with Crippen molar-refractivity contribution in [3.8, 4) is 44.5 Å². The van der Waals surface area contributed by atoms with Crippen LogP contribution in [0.5, 0.6) is 0 Å². The molecule has 0 fully saturated rings. The molecule has 16 aromatic rings. The Morgan fingerprint density at radius 3 is 1.01 bits per heavy atom. The Morgan fingerprint density at radius 1 is 0.147 bits per heavy atom. The lowest BCUT2D eigenvalue weighted by atomic mass is 9.80. The van der Waals surface area contributed by atoms with Gasteiger partial charge in [0.25, 0.3) is 0 Å². The van der Waals surface area contributed by atoms with E-state index >= 15 is 0 Å². The predicted molar refractivity (Wildman–Crippen MR) is 294 cm³/mol. The van der Waals surface area contributed by atoms with E-state index in [4.69, 9.17) is 0 Å². The summed E-state index contributed by atoms with van der Waals surface area (Å²) in [4.78, 5) is 0. The van der Waals surface area contributed by atoms with Crippen LogP contribution in [0, 0.1) is 0 Å². The van der Waals surface area contributed by atoms with Gasteiger partial charge in [-0.15, -0.1) is 0 Å². The van der Waals surface area contributed by atoms with E-state index in [1.54, 1.807) is 0 Å². The smallest absolute Gasteiger partial charge is 0.00199 e. The topological polar surface area (TPSA) is 0 Å². The summed E-state index contributed by atoms with van der Waals surface area (Å²) in [6.45, 7) is 0. The van der Waals surface area contributed by atoms with Crippen LogP contribution >= 0.6 is 0 Å². The molecule has 0 saturated heterocycles. The fourth-order valence-corrected chi connectivity index (χ4v) is 13.6. The SMILES string of the molecule is c1ccc2c(c1)cc1c3c(cccc32)-c2cc3c(-c4ccc5c6cccc7cccc(c8cccc4c85)c76)c4ccccc4c(-c4ccc5c6cccc7cccc(c8cccc4c85)c76)c3cc2-1. The van der Waals surface area contributed by atoms with Gasteiger partial charge in [-0.1, -0.05) is 200 Å². The maximum absolute atomic E-state index is 2.58. The fourth-order valence-electron chi connectivity index (χ4n) is 13.6. The van der Waals surface area contributed by atoms with Gasteiger partial charge in [-0.05, 0) is 192 Å². The molecule has 1 aliphatic carbocycles. The average Bonchev–Trinajstić information content (AvgIpc) is 3.70. The molecule has 0 radical (unpaired) electrons. The summed E-state index contributed by atoms with van der Waals surface area (Å²) in [5, 5.41) is 31.4. The zero-order valence-corrected chi connectivity index (χ0v) is 36.8. The Morgan fingerprint density at radius 2 is 0.500 bits per heavy atom. The lowest BCUT2D eigenvalue weighted by Gasteiger charge is -2.23. The third-order valence-electron chi connectivity index (χ3n) is 16.2. The van der Waals surface area contributed by atoms with Crippen molar-refractivity contribution >= 4 is 129 Å². The molecular weight excluding hydrogens is 817 g/mol. The maximum atomic E-state index is 2.58. The Balaban J connectivity index is 1.06. The van der Waals surface area contributed by atoms with Crippen LogP contribution in [0.1, 0.15) is 0 Å². The molecule has 1 aliphatic rings. The van der Waals surface area contributed by atoms with Crippen LogP contribution < -0.4 is 0 Å². The molecule has 0 nitrogen and oxygen atoms in total. The highest BCUT2D eigenvalue weighted by Crippen LogP contribution is 2.56. The van der Waals surface area contributed by atoms with Crippen molar-refractivity contribution in [2.24, 2.45) is 0 Å². The Kier molecular flexibility index (Phi) is 6.53. The van der Waals surface area contributed by atoms with E-state index in [2.05, 4.69) is 218 Å². The van der Waals surface area contributed by atoms with Crippen LogP contribution in [-0.4, -0.2) is 0 Å². The van der Waals surface area contributed by atoms with Gasteiger partial charge in [0.15, 0.2) is 0 Å². The molecule has 0 aliphatic heterocycles. The Labute approximate surface area is 390 Å². The van der Waals surface area contributed by atoms with Gasteiger partial charge in [0.05, 0.1) is 0 Å². The minimum absolute atomic E-state index is 1.27. The lowest BCUT2D eigenvalue weighted by molar-refractivity contribution is 1.70. The summed E-state index contributed by atoms with van der Waals surface area (Å²) < 4.78 is 0. The van der Waals surface area contributed by atoms with Crippen LogP contribution in [0.25, 0.3) is 174 Å². The number of benzene rings is 16. The Hall–Kier alpha value is -8.84. The van der Waals surface area contributed by atoms with Crippen molar-refractivity contribution in [1.82, 2.24) is 0 Å². The van der Waals surface area contributed by atoms with Gasteiger partial charge < -0.3 is 0 Å². The van der Waals surface area contributed by atoms with Gasteiger partial charge in [0.1, 0.15) is 0 Å². The quantitative estimate of drug-likeness (QED) is 0.120. The van der Waals surface area contributed by atoms with Crippen molar-refractivity contribution in [2.45, 2.75) is 0 Å². The van der Waals surface area contributed by atoms with Gasteiger partial charge >= 0.3 is 0 Å². The molecule has 68 heavy (non-hydrogen) atoms. The van der Waals surface area contributed by atoms with Gasteiger partial charge in [-0.25, -0.2) is 0 Å². The highest BCUT2D eigenvalue weighted by molar-refractivity contribution is 6.38. The zero-order chi connectivity index (χ0) is 43.9. The van der Waals surface area contributed by atoms with Gasteiger partial charge in [0, 0.05) is 0 Å². The van der Waals surface area contributed by atoms with E-state index in [0.717, 1.165) is 0 Å². The largest absolute Gasteiger partial charge is 0.0616 e. The second-order valence-corrected chi connectivity index (χ2v) is 19.3. The van der Waals surface area contributed by atoms with Crippen molar-refractivity contribution in [3.63, 3.8) is 0 Å². The minimum Gasteiger partial charge on any atom is -0.0616 e. The summed E-state index contributed by atoms with van der Waals surface area (Å²) in [6.07, 6.45) is 0. The molecule has 0 heterocycles. The van der Waals surface area contributed by atoms with Gasteiger partial charge in [-0.3, -0.25) is 0 Å².